The first-order valence-electron chi connectivity index (χ1n) is 5.38. The van der Waals surface area contributed by atoms with Gasteiger partial charge in [-0.3, -0.25) is 0 Å². The molecule has 0 amide bonds. The number of hydrogen-bond acceptors (Lipinski definition) is 4. The van der Waals surface area contributed by atoms with E-state index in [4.69, 9.17) is 10.5 Å². The van der Waals surface area contributed by atoms with Gasteiger partial charge in [0, 0.05) is 18.4 Å². The summed E-state index contributed by atoms with van der Waals surface area (Å²) in [6.45, 7) is 0.523. The molecule has 0 fully saturated rings. The van der Waals surface area contributed by atoms with E-state index in [1.54, 1.807) is 13.3 Å². The van der Waals surface area contributed by atoms with Crippen molar-refractivity contribution in [3.63, 3.8) is 0 Å². The van der Waals surface area contributed by atoms with Gasteiger partial charge in [-0.15, -0.1) is 0 Å². The van der Waals surface area contributed by atoms with Crippen LogP contribution in [0, 0.1) is 0 Å². The first kappa shape index (κ1) is 11.4. The van der Waals surface area contributed by atoms with E-state index in [1.165, 1.54) is 0 Å². The molecule has 0 bridgehead atoms. The largest absolute Gasteiger partial charge is 0.493 e. The molecule has 0 spiro atoms. The monoisotopic (exact) mass is 229 g/mol. The molecule has 1 heterocycles. The molecule has 1 aromatic heterocycles. The van der Waals surface area contributed by atoms with E-state index in [-0.39, 0.29) is 0 Å². The van der Waals surface area contributed by atoms with Crippen molar-refractivity contribution in [3.8, 4) is 5.75 Å². The summed E-state index contributed by atoms with van der Waals surface area (Å²) in [6, 6.07) is 11.6. The van der Waals surface area contributed by atoms with Crippen LogP contribution >= 0.6 is 0 Å². The zero-order valence-electron chi connectivity index (χ0n) is 9.68. The Bertz CT molecular complexity index is 500. The standard InChI is InChI=1S/C13H15N3O/c1-17-12-6-3-7-15-13(12)16-11-5-2-4-10(8-11)9-14/h2-8H,9,14H2,1H3,(H,15,16). The summed E-state index contributed by atoms with van der Waals surface area (Å²) >= 11 is 0. The highest BCUT2D eigenvalue weighted by Gasteiger charge is 2.03. The van der Waals surface area contributed by atoms with E-state index in [1.807, 2.05) is 36.4 Å². The Balaban J connectivity index is 2.24. The van der Waals surface area contributed by atoms with Crippen molar-refractivity contribution in [2.45, 2.75) is 6.54 Å². The average Bonchev–Trinajstić information content (AvgIpc) is 2.39. The van der Waals surface area contributed by atoms with E-state index in [2.05, 4.69) is 10.3 Å². The van der Waals surface area contributed by atoms with Gasteiger partial charge in [0.25, 0.3) is 0 Å². The molecule has 0 aliphatic carbocycles. The van der Waals surface area contributed by atoms with Crippen molar-refractivity contribution in [1.82, 2.24) is 4.98 Å². The van der Waals surface area contributed by atoms with Crippen LogP contribution in [-0.4, -0.2) is 12.1 Å². The third-order valence-corrected chi connectivity index (χ3v) is 2.42. The smallest absolute Gasteiger partial charge is 0.173 e. The number of anilines is 2. The van der Waals surface area contributed by atoms with Gasteiger partial charge in [0.05, 0.1) is 7.11 Å². The van der Waals surface area contributed by atoms with Crippen LogP contribution in [-0.2, 0) is 6.54 Å². The van der Waals surface area contributed by atoms with Crippen molar-refractivity contribution in [2.75, 3.05) is 12.4 Å². The lowest BCUT2D eigenvalue weighted by Crippen LogP contribution is -1.99. The number of pyridine rings is 1. The molecule has 0 saturated heterocycles. The quantitative estimate of drug-likeness (QED) is 0.844. The predicted molar refractivity (Wildman–Crippen MR) is 68.4 cm³/mol. The normalized spacial score (nSPS) is 10.0. The fraction of sp³-hybridized carbons (Fsp3) is 0.154. The number of hydrogen-bond donors (Lipinski definition) is 2. The van der Waals surface area contributed by atoms with Crippen LogP contribution in [0.5, 0.6) is 5.75 Å². The molecule has 2 aromatic rings. The maximum atomic E-state index is 5.60. The lowest BCUT2D eigenvalue weighted by Gasteiger charge is -2.10. The van der Waals surface area contributed by atoms with Gasteiger partial charge in [-0.1, -0.05) is 12.1 Å². The van der Waals surface area contributed by atoms with Crippen LogP contribution in [0.25, 0.3) is 0 Å². The second-order valence-corrected chi connectivity index (χ2v) is 3.58. The summed E-state index contributed by atoms with van der Waals surface area (Å²) in [6.07, 6.45) is 1.72. The fourth-order valence-electron chi connectivity index (χ4n) is 1.56. The molecule has 4 nitrogen and oxygen atoms in total. The molecule has 1 aromatic carbocycles. The van der Waals surface area contributed by atoms with Gasteiger partial charge in [0.15, 0.2) is 11.6 Å². The van der Waals surface area contributed by atoms with Crippen molar-refractivity contribution in [2.24, 2.45) is 5.73 Å². The third-order valence-electron chi connectivity index (χ3n) is 2.42. The number of nitrogens with zero attached hydrogens (tertiary/aromatic N) is 1. The molecule has 0 radical (unpaired) electrons. The molecule has 88 valence electrons. The number of benzene rings is 1. The van der Waals surface area contributed by atoms with Crippen molar-refractivity contribution in [1.29, 1.82) is 0 Å². The predicted octanol–water partition coefficient (Wildman–Crippen LogP) is 2.29. The van der Waals surface area contributed by atoms with Crippen LogP contribution < -0.4 is 15.8 Å². The van der Waals surface area contributed by atoms with Gasteiger partial charge in [-0.2, -0.15) is 0 Å². The van der Waals surface area contributed by atoms with Crippen molar-refractivity contribution >= 4 is 11.5 Å². The SMILES string of the molecule is COc1cccnc1Nc1cccc(CN)c1. The minimum absolute atomic E-state index is 0.523. The summed E-state index contributed by atoms with van der Waals surface area (Å²) in [5.74, 6) is 1.41. The zero-order valence-corrected chi connectivity index (χ0v) is 9.68. The molecular weight excluding hydrogens is 214 g/mol. The Hall–Kier alpha value is -2.07. The van der Waals surface area contributed by atoms with Gasteiger partial charge >= 0.3 is 0 Å². The van der Waals surface area contributed by atoms with Crippen LogP contribution in [0.1, 0.15) is 5.56 Å². The topological polar surface area (TPSA) is 60.2 Å². The van der Waals surface area contributed by atoms with Crippen LogP contribution in [0.3, 0.4) is 0 Å². The van der Waals surface area contributed by atoms with Crippen LogP contribution in [0.4, 0.5) is 11.5 Å². The molecule has 4 heteroatoms. The highest BCUT2D eigenvalue weighted by atomic mass is 16.5. The fourth-order valence-corrected chi connectivity index (χ4v) is 1.56. The molecule has 0 atom stereocenters. The third kappa shape index (κ3) is 2.73. The van der Waals surface area contributed by atoms with Gasteiger partial charge in [-0.05, 0) is 29.8 Å². The lowest BCUT2D eigenvalue weighted by molar-refractivity contribution is 0.415. The molecular formula is C13H15N3O. The minimum Gasteiger partial charge on any atom is -0.493 e. The Labute approximate surface area is 100 Å². The Morgan fingerprint density at radius 1 is 1.29 bits per heavy atom. The number of nitrogens with one attached hydrogen (secondary N) is 1. The second-order valence-electron chi connectivity index (χ2n) is 3.58. The van der Waals surface area contributed by atoms with E-state index in [0.29, 0.717) is 18.1 Å². The molecule has 17 heavy (non-hydrogen) atoms. The second kappa shape index (κ2) is 5.32. The van der Waals surface area contributed by atoms with E-state index in [0.717, 1.165) is 11.3 Å². The highest BCUT2D eigenvalue weighted by Crippen LogP contribution is 2.24. The first-order chi connectivity index (χ1) is 8.33. The Kier molecular flexibility index (Phi) is 3.57. The molecule has 0 unspecified atom stereocenters. The molecule has 0 saturated carbocycles. The number of nitrogens with two attached hydrogens (primary N) is 1. The van der Waals surface area contributed by atoms with Crippen molar-refractivity contribution in [3.05, 3.63) is 48.2 Å². The van der Waals surface area contributed by atoms with Crippen molar-refractivity contribution < 1.29 is 4.74 Å². The summed E-state index contributed by atoms with van der Waals surface area (Å²) in [7, 11) is 1.62. The number of aromatic nitrogens is 1. The first-order valence-corrected chi connectivity index (χ1v) is 5.38. The summed E-state index contributed by atoms with van der Waals surface area (Å²) < 4.78 is 5.22. The molecule has 2 rings (SSSR count). The van der Waals surface area contributed by atoms with Crippen LogP contribution in [0.2, 0.25) is 0 Å². The Morgan fingerprint density at radius 2 is 2.18 bits per heavy atom. The Morgan fingerprint density at radius 3 is 2.94 bits per heavy atom. The van der Waals surface area contributed by atoms with Gasteiger partial charge < -0.3 is 15.8 Å². The maximum absolute atomic E-state index is 5.60. The number of rotatable bonds is 4. The van der Waals surface area contributed by atoms with Gasteiger partial charge in [0.1, 0.15) is 0 Å². The zero-order chi connectivity index (χ0) is 12.1. The van der Waals surface area contributed by atoms with Gasteiger partial charge in [0.2, 0.25) is 0 Å². The number of methoxy groups -OCH3 is 1. The molecule has 3 N–H and O–H groups in total. The van der Waals surface area contributed by atoms with E-state index in [9.17, 15) is 0 Å². The van der Waals surface area contributed by atoms with E-state index >= 15 is 0 Å². The summed E-state index contributed by atoms with van der Waals surface area (Å²) in [5.41, 5.74) is 7.62. The van der Waals surface area contributed by atoms with Gasteiger partial charge in [-0.25, -0.2) is 4.98 Å². The minimum atomic E-state index is 0.523. The molecule has 0 aliphatic heterocycles. The average molecular weight is 229 g/mol. The molecule has 0 aliphatic rings. The highest BCUT2D eigenvalue weighted by molar-refractivity contribution is 5.62. The van der Waals surface area contributed by atoms with E-state index < -0.39 is 0 Å². The number of ether oxygens (including phenoxy) is 1. The van der Waals surface area contributed by atoms with Crippen LogP contribution in [0.15, 0.2) is 42.6 Å². The summed E-state index contributed by atoms with van der Waals surface area (Å²) in [5, 5.41) is 3.21. The summed E-state index contributed by atoms with van der Waals surface area (Å²) in [4.78, 5) is 4.23. The lowest BCUT2D eigenvalue weighted by atomic mass is 10.2. The maximum Gasteiger partial charge on any atom is 0.173 e.